The summed E-state index contributed by atoms with van der Waals surface area (Å²) in [6, 6.07) is 12.6. The molecule has 7 heteroatoms. The molecule has 0 bridgehead atoms. The number of carbonyl (C=O) groups excluding carboxylic acids is 1. The molecule has 3 nitrogen and oxygen atoms in total. The van der Waals surface area contributed by atoms with E-state index < -0.39 is 0 Å². The van der Waals surface area contributed by atoms with E-state index in [0.717, 1.165) is 25.1 Å². The van der Waals surface area contributed by atoms with E-state index in [9.17, 15) is 4.79 Å². The fraction of sp³-hybridized carbons (Fsp3) is 0.278. The Hall–Kier alpha value is -0.970. The lowest BCUT2D eigenvalue weighted by atomic mass is 9.86. The fourth-order valence-corrected chi connectivity index (χ4v) is 3.41. The highest BCUT2D eigenvalue weighted by atomic mass is 35.5. The van der Waals surface area contributed by atoms with Crippen molar-refractivity contribution in [3.63, 3.8) is 0 Å². The van der Waals surface area contributed by atoms with E-state index >= 15 is 0 Å². The third-order valence-electron chi connectivity index (χ3n) is 4.28. The predicted molar refractivity (Wildman–Crippen MR) is 107 cm³/mol. The summed E-state index contributed by atoms with van der Waals surface area (Å²) in [5.74, 6) is 0.0494. The Labute approximate surface area is 168 Å². The number of rotatable bonds is 3. The molecule has 2 atom stereocenters. The zero-order valence-corrected chi connectivity index (χ0v) is 16.4. The number of nitrogens with one attached hydrogen (secondary N) is 2. The fourth-order valence-electron chi connectivity index (χ4n) is 2.98. The summed E-state index contributed by atoms with van der Waals surface area (Å²) >= 11 is 18.0. The SMILES string of the molecule is Cl.O=C(N[C@@H]1CCNC[C@H]1c1ccc(Cl)c(Cl)c1)c1ccc(Cl)cc1. The summed E-state index contributed by atoms with van der Waals surface area (Å²) in [6.07, 6.45) is 0.851. The highest BCUT2D eigenvalue weighted by Crippen LogP contribution is 2.30. The molecule has 134 valence electrons. The van der Waals surface area contributed by atoms with Crippen molar-refractivity contribution < 1.29 is 4.79 Å². The van der Waals surface area contributed by atoms with Crippen molar-refractivity contribution in [3.8, 4) is 0 Å². The van der Waals surface area contributed by atoms with Crippen molar-refractivity contribution in [2.24, 2.45) is 0 Å². The van der Waals surface area contributed by atoms with Gasteiger partial charge in [-0.2, -0.15) is 0 Å². The summed E-state index contributed by atoms with van der Waals surface area (Å²) in [7, 11) is 0. The zero-order valence-electron chi connectivity index (χ0n) is 13.3. The zero-order chi connectivity index (χ0) is 17.1. The summed E-state index contributed by atoms with van der Waals surface area (Å²) in [6.45, 7) is 1.65. The van der Waals surface area contributed by atoms with Crippen LogP contribution in [0.3, 0.4) is 0 Å². The number of benzene rings is 2. The largest absolute Gasteiger partial charge is 0.349 e. The Morgan fingerprint density at radius 2 is 1.76 bits per heavy atom. The first-order chi connectivity index (χ1) is 11.5. The minimum atomic E-state index is -0.0939. The quantitative estimate of drug-likeness (QED) is 0.739. The average molecular weight is 420 g/mol. The first kappa shape index (κ1) is 20.3. The molecule has 0 aromatic heterocycles. The minimum Gasteiger partial charge on any atom is -0.349 e. The summed E-state index contributed by atoms with van der Waals surface area (Å²) in [5.41, 5.74) is 1.67. The third kappa shape index (κ3) is 5.02. The van der Waals surface area contributed by atoms with E-state index in [1.54, 1.807) is 30.3 Å². The molecule has 2 N–H and O–H groups in total. The second-order valence-electron chi connectivity index (χ2n) is 5.86. The van der Waals surface area contributed by atoms with E-state index in [-0.39, 0.29) is 30.3 Å². The van der Waals surface area contributed by atoms with Crippen LogP contribution in [0, 0.1) is 0 Å². The first-order valence-corrected chi connectivity index (χ1v) is 8.90. The van der Waals surface area contributed by atoms with Crippen LogP contribution < -0.4 is 10.6 Å². The smallest absolute Gasteiger partial charge is 0.251 e. The number of hydrogen-bond donors (Lipinski definition) is 2. The van der Waals surface area contributed by atoms with E-state index in [4.69, 9.17) is 34.8 Å². The molecule has 2 aromatic carbocycles. The highest BCUT2D eigenvalue weighted by molar-refractivity contribution is 6.42. The van der Waals surface area contributed by atoms with Gasteiger partial charge in [-0.05, 0) is 54.9 Å². The molecule has 2 aromatic rings. The van der Waals surface area contributed by atoms with Crippen molar-refractivity contribution in [3.05, 3.63) is 68.7 Å². The molecular formula is C18H18Cl4N2O. The van der Waals surface area contributed by atoms with Gasteiger partial charge in [0.2, 0.25) is 0 Å². The highest BCUT2D eigenvalue weighted by Gasteiger charge is 2.28. The van der Waals surface area contributed by atoms with Gasteiger partial charge in [-0.3, -0.25) is 4.79 Å². The molecule has 1 aliphatic heterocycles. The Kier molecular flexibility index (Phi) is 7.41. The molecule has 0 radical (unpaired) electrons. The Morgan fingerprint density at radius 3 is 2.44 bits per heavy atom. The maximum atomic E-state index is 12.5. The van der Waals surface area contributed by atoms with Crippen molar-refractivity contribution in [1.82, 2.24) is 10.6 Å². The second kappa shape index (κ2) is 9.11. The molecular weight excluding hydrogens is 402 g/mol. The van der Waals surface area contributed by atoms with Gasteiger partial charge in [0.05, 0.1) is 10.0 Å². The van der Waals surface area contributed by atoms with Crippen molar-refractivity contribution in [2.45, 2.75) is 18.4 Å². The van der Waals surface area contributed by atoms with E-state index in [0.29, 0.717) is 20.6 Å². The van der Waals surface area contributed by atoms with Crippen LogP contribution in [0.1, 0.15) is 28.3 Å². The summed E-state index contributed by atoms with van der Waals surface area (Å²) in [4.78, 5) is 12.5. The molecule has 0 aliphatic carbocycles. The molecule has 1 fully saturated rings. The van der Waals surface area contributed by atoms with Crippen LogP contribution in [0.15, 0.2) is 42.5 Å². The van der Waals surface area contributed by atoms with Crippen molar-refractivity contribution >= 4 is 53.1 Å². The third-order valence-corrected chi connectivity index (χ3v) is 5.27. The monoisotopic (exact) mass is 418 g/mol. The maximum absolute atomic E-state index is 12.5. The number of carbonyl (C=O) groups is 1. The minimum absolute atomic E-state index is 0. The molecule has 0 unspecified atom stereocenters. The number of hydrogen-bond acceptors (Lipinski definition) is 2. The van der Waals surface area contributed by atoms with Crippen molar-refractivity contribution in [2.75, 3.05) is 13.1 Å². The second-order valence-corrected chi connectivity index (χ2v) is 7.11. The molecule has 25 heavy (non-hydrogen) atoms. The Balaban J connectivity index is 0.00000225. The van der Waals surface area contributed by atoms with Crippen LogP contribution in [0.5, 0.6) is 0 Å². The molecule has 3 rings (SSSR count). The summed E-state index contributed by atoms with van der Waals surface area (Å²) in [5, 5.41) is 8.19. The van der Waals surface area contributed by atoms with Crippen LogP contribution in [0.4, 0.5) is 0 Å². The van der Waals surface area contributed by atoms with E-state index in [1.807, 2.05) is 12.1 Å². The predicted octanol–water partition coefficient (Wildman–Crippen LogP) is 4.94. The molecule has 1 heterocycles. The lowest BCUT2D eigenvalue weighted by molar-refractivity contribution is 0.0923. The topological polar surface area (TPSA) is 41.1 Å². The Morgan fingerprint density at radius 1 is 1.04 bits per heavy atom. The van der Waals surface area contributed by atoms with Crippen LogP contribution in [0.25, 0.3) is 0 Å². The molecule has 1 aliphatic rings. The van der Waals surface area contributed by atoms with E-state index in [1.165, 1.54) is 0 Å². The number of piperidine rings is 1. The standard InChI is InChI=1S/C18H17Cl3N2O.ClH/c19-13-4-1-11(2-5-13)18(24)23-17-7-8-22-10-14(17)12-3-6-15(20)16(21)9-12;/h1-6,9,14,17,22H,7-8,10H2,(H,23,24);1H/t14-,17+;/m0./s1. The van der Waals surface area contributed by atoms with Crippen LogP contribution in [0.2, 0.25) is 15.1 Å². The van der Waals surface area contributed by atoms with Gasteiger partial charge in [0.15, 0.2) is 0 Å². The lowest BCUT2D eigenvalue weighted by Gasteiger charge is -2.33. The van der Waals surface area contributed by atoms with Gasteiger partial charge in [-0.15, -0.1) is 12.4 Å². The van der Waals surface area contributed by atoms with Gasteiger partial charge >= 0.3 is 0 Å². The van der Waals surface area contributed by atoms with Gasteiger partial charge < -0.3 is 10.6 Å². The van der Waals surface area contributed by atoms with Crippen LogP contribution in [-0.4, -0.2) is 25.0 Å². The van der Waals surface area contributed by atoms with Gasteiger partial charge in [0.25, 0.3) is 5.91 Å². The maximum Gasteiger partial charge on any atom is 0.251 e. The average Bonchev–Trinajstić information content (AvgIpc) is 2.58. The van der Waals surface area contributed by atoms with Crippen LogP contribution in [-0.2, 0) is 0 Å². The van der Waals surface area contributed by atoms with Crippen LogP contribution >= 0.6 is 47.2 Å². The number of amides is 1. The molecule has 0 saturated carbocycles. The molecule has 1 amide bonds. The first-order valence-electron chi connectivity index (χ1n) is 7.76. The van der Waals surface area contributed by atoms with Crippen molar-refractivity contribution in [1.29, 1.82) is 0 Å². The normalized spacial score (nSPS) is 19.8. The van der Waals surface area contributed by atoms with Gasteiger partial charge in [0.1, 0.15) is 0 Å². The molecule has 1 saturated heterocycles. The van der Waals surface area contributed by atoms with Gasteiger partial charge in [0, 0.05) is 29.1 Å². The van der Waals surface area contributed by atoms with Gasteiger partial charge in [-0.1, -0.05) is 40.9 Å². The summed E-state index contributed by atoms with van der Waals surface area (Å²) < 4.78 is 0. The Bertz CT molecular complexity index is 736. The lowest BCUT2D eigenvalue weighted by Crippen LogP contribution is -2.48. The van der Waals surface area contributed by atoms with E-state index in [2.05, 4.69) is 10.6 Å². The number of halogens is 4. The van der Waals surface area contributed by atoms with Gasteiger partial charge in [-0.25, -0.2) is 0 Å². The molecule has 0 spiro atoms.